The normalized spacial score (nSPS) is 20.0. The second-order valence-corrected chi connectivity index (χ2v) is 8.71. The third-order valence-corrected chi connectivity index (χ3v) is 6.55. The summed E-state index contributed by atoms with van der Waals surface area (Å²) in [7, 11) is 0. The van der Waals surface area contributed by atoms with Crippen LogP contribution in [0.1, 0.15) is 44.2 Å². The van der Waals surface area contributed by atoms with Gasteiger partial charge in [0.2, 0.25) is 0 Å². The Kier molecular flexibility index (Phi) is 5.47. The molecule has 1 unspecified atom stereocenters. The van der Waals surface area contributed by atoms with Gasteiger partial charge in [0, 0.05) is 24.2 Å². The van der Waals surface area contributed by atoms with Gasteiger partial charge in [-0.05, 0) is 85.4 Å². The number of aromatic nitrogens is 2. The molecule has 2 aromatic carbocycles. The Balaban J connectivity index is 1.59. The molecular weight excluding hydrogens is 405 g/mol. The number of imidazole rings is 1. The fourth-order valence-corrected chi connectivity index (χ4v) is 4.91. The molecule has 0 amide bonds. The molecule has 6 heteroatoms. The molecule has 1 atom stereocenters. The van der Waals surface area contributed by atoms with Crippen LogP contribution in [0.5, 0.6) is 5.75 Å². The van der Waals surface area contributed by atoms with Crippen LogP contribution in [-0.2, 0) is 6.54 Å². The molecule has 166 valence electrons. The van der Waals surface area contributed by atoms with Gasteiger partial charge in [-0.3, -0.25) is 4.57 Å². The van der Waals surface area contributed by atoms with Crippen molar-refractivity contribution in [3.05, 3.63) is 75.0 Å². The average molecular weight is 434 g/mol. The van der Waals surface area contributed by atoms with Crippen molar-refractivity contribution in [3.8, 4) is 5.75 Å². The van der Waals surface area contributed by atoms with Crippen LogP contribution in [0.15, 0.2) is 52.3 Å². The second kappa shape index (κ2) is 8.43. The van der Waals surface area contributed by atoms with E-state index in [0.29, 0.717) is 24.9 Å². The molecule has 1 fully saturated rings. The first-order chi connectivity index (χ1) is 15.5. The molecule has 1 aromatic heterocycles. The van der Waals surface area contributed by atoms with Gasteiger partial charge < -0.3 is 15.0 Å². The van der Waals surface area contributed by atoms with E-state index < -0.39 is 0 Å². The maximum atomic E-state index is 13.9. The van der Waals surface area contributed by atoms with Gasteiger partial charge >= 0.3 is 5.69 Å². The van der Waals surface area contributed by atoms with Gasteiger partial charge in [0.1, 0.15) is 18.2 Å². The molecule has 0 bridgehead atoms. The van der Waals surface area contributed by atoms with Crippen molar-refractivity contribution in [2.24, 2.45) is 0 Å². The molecule has 0 radical (unpaired) electrons. The fourth-order valence-electron chi connectivity index (χ4n) is 4.91. The summed E-state index contributed by atoms with van der Waals surface area (Å²) in [5.41, 5.74) is 6.91. The Morgan fingerprint density at radius 3 is 2.91 bits per heavy atom. The average Bonchev–Trinajstić information content (AvgIpc) is 3.37. The summed E-state index contributed by atoms with van der Waals surface area (Å²) in [5, 5.41) is 3.46. The van der Waals surface area contributed by atoms with Crippen molar-refractivity contribution in [1.29, 1.82) is 0 Å². The molecule has 0 spiro atoms. The number of hydrogen-bond acceptors (Lipinski definition) is 3. The summed E-state index contributed by atoms with van der Waals surface area (Å²) in [5.74, 6) is 0.251. The number of ether oxygens (including phenoxy) is 1. The lowest BCUT2D eigenvalue weighted by Crippen LogP contribution is -2.31. The van der Waals surface area contributed by atoms with E-state index in [1.54, 1.807) is 6.07 Å². The van der Waals surface area contributed by atoms with E-state index >= 15 is 0 Å². The van der Waals surface area contributed by atoms with Crippen molar-refractivity contribution in [2.75, 3.05) is 13.2 Å². The number of nitrogens with one attached hydrogen (secondary N) is 2. The highest BCUT2D eigenvalue weighted by atomic mass is 19.1. The number of H-pyrrole nitrogens is 1. The zero-order valence-electron chi connectivity index (χ0n) is 18.5. The maximum Gasteiger partial charge on any atom is 0.326 e. The van der Waals surface area contributed by atoms with E-state index in [4.69, 9.17) is 4.74 Å². The zero-order valence-corrected chi connectivity index (χ0v) is 18.5. The molecule has 2 aliphatic rings. The van der Waals surface area contributed by atoms with Gasteiger partial charge in [-0.15, -0.1) is 0 Å². The van der Waals surface area contributed by atoms with Crippen LogP contribution in [0.4, 0.5) is 4.39 Å². The quantitative estimate of drug-likeness (QED) is 0.617. The molecule has 3 aromatic rings. The SMILES string of the molecule is CCC1=C(C)COc2cc(F)ccc2/C1=C/c1ccc2c(c1)[nH]c(=O)n2CC1CCCN1. The Bertz CT molecular complexity index is 1290. The third kappa shape index (κ3) is 3.79. The lowest BCUT2D eigenvalue weighted by molar-refractivity contribution is 0.350. The van der Waals surface area contributed by atoms with E-state index in [1.165, 1.54) is 17.7 Å². The molecule has 3 heterocycles. The van der Waals surface area contributed by atoms with Gasteiger partial charge in [0.25, 0.3) is 0 Å². The predicted octanol–water partition coefficient (Wildman–Crippen LogP) is 4.88. The van der Waals surface area contributed by atoms with Crippen LogP contribution in [0.25, 0.3) is 22.7 Å². The molecule has 2 N–H and O–H groups in total. The molecular formula is C26H28FN3O2. The molecule has 5 rings (SSSR count). The van der Waals surface area contributed by atoms with Crippen molar-refractivity contribution < 1.29 is 9.13 Å². The number of rotatable bonds is 4. The summed E-state index contributed by atoms with van der Waals surface area (Å²) in [6, 6.07) is 11.1. The smallest absolute Gasteiger partial charge is 0.326 e. The summed E-state index contributed by atoms with van der Waals surface area (Å²) < 4.78 is 21.6. The number of benzene rings is 2. The third-order valence-electron chi connectivity index (χ3n) is 6.55. The van der Waals surface area contributed by atoms with Crippen molar-refractivity contribution in [1.82, 2.24) is 14.9 Å². The molecule has 0 saturated carbocycles. The molecule has 5 nitrogen and oxygen atoms in total. The first kappa shape index (κ1) is 20.8. The van der Waals surface area contributed by atoms with Gasteiger partial charge in [-0.25, -0.2) is 9.18 Å². The highest BCUT2D eigenvalue weighted by Gasteiger charge is 2.20. The number of nitrogens with zero attached hydrogens (tertiary/aromatic N) is 1. The van der Waals surface area contributed by atoms with E-state index in [1.807, 2.05) is 22.8 Å². The topological polar surface area (TPSA) is 59.1 Å². The van der Waals surface area contributed by atoms with E-state index in [0.717, 1.165) is 59.1 Å². The second-order valence-electron chi connectivity index (χ2n) is 8.71. The highest BCUT2D eigenvalue weighted by molar-refractivity contribution is 5.95. The molecule has 2 aliphatic heterocycles. The highest BCUT2D eigenvalue weighted by Crippen LogP contribution is 2.39. The summed E-state index contributed by atoms with van der Waals surface area (Å²) in [6.07, 6.45) is 5.21. The lowest BCUT2D eigenvalue weighted by atomic mass is 9.91. The van der Waals surface area contributed by atoms with Crippen LogP contribution < -0.4 is 15.7 Å². The van der Waals surface area contributed by atoms with Crippen molar-refractivity contribution in [2.45, 2.75) is 45.7 Å². The predicted molar refractivity (Wildman–Crippen MR) is 126 cm³/mol. The van der Waals surface area contributed by atoms with Crippen molar-refractivity contribution in [3.63, 3.8) is 0 Å². The summed E-state index contributed by atoms with van der Waals surface area (Å²) in [6.45, 7) is 6.33. The van der Waals surface area contributed by atoms with E-state index in [-0.39, 0.29) is 11.5 Å². The van der Waals surface area contributed by atoms with Crippen LogP contribution in [0.3, 0.4) is 0 Å². The largest absolute Gasteiger partial charge is 0.488 e. The first-order valence-corrected chi connectivity index (χ1v) is 11.3. The Labute approximate surface area is 186 Å². The minimum atomic E-state index is -0.308. The Morgan fingerprint density at radius 2 is 2.12 bits per heavy atom. The Hall–Kier alpha value is -3.12. The van der Waals surface area contributed by atoms with Crippen LogP contribution in [-0.4, -0.2) is 28.7 Å². The Morgan fingerprint density at radius 1 is 1.25 bits per heavy atom. The standard InChI is InChI=1S/C26H28FN3O2/c1-3-20-16(2)15-32-25-13-18(27)7-8-21(25)22(20)11-17-6-9-24-23(12-17)29-26(31)30(24)14-19-5-4-10-28-19/h6-9,11-13,19,28H,3-5,10,14-15H2,1-2H3,(H,29,31)/b22-11+. The van der Waals surface area contributed by atoms with E-state index in [9.17, 15) is 9.18 Å². The number of fused-ring (bicyclic) bond motifs is 2. The monoisotopic (exact) mass is 433 g/mol. The molecule has 1 saturated heterocycles. The van der Waals surface area contributed by atoms with Crippen molar-refractivity contribution >= 4 is 22.7 Å². The molecule has 0 aliphatic carbocycles. The number of halogens is 1. The first-order valence-electron chi connectivity index (χ1n) is 11.3. The van der Waals surface area contributed by atoms with Gasteiger partial charge in [0.15, 0.2) is 0 Å². The summed E-state index contributed by atoms with van der Waals surface area (Å²) in [4.78, 5) is 15.6. The minimum Gasteiger partial charge on any atom is -0.488 e. The fraction of sp³-hybridized carbons (Fsp3) is 0.346. The van der Waals surface area contributed by atoms with Crippen LogP contribution >= 0.6 is 0 Å². The van der Waals surface area contributed by atoms with Crippen LogP contribution in [0.2, 0.25) is 0 Å². The van der Waals surface area contributed by atoms with E-state index in [2.05, 4.69) is 30.2 Å². The summed E-state index contributed by atoms with van der Waals surface area (Å²) >= 11 is 0. The number of hydrogen-bond donors (Lipinski definition) is 2. The maximum absolute atomic E-state index is 13.9. The number of aromatic amines is 1. The zero-order chi connectivity index (χ0) is 22.2. The van der Waals surface area contributed by atoms with Gasteiger partial charge in [-0.2, -0.15) is 0 Å². The van der Waals surface area contributed by atoms with Crippen LogP contribution in [0, 0.1) is 5.82 Å². The molecule has 32 heavy (non-hydrogen) atoms. The number of allylic oxidation sites excluding steroid dienone is 2. The van der Waals surface area contributed by atoms with Gasteiger partial charge in [-0.1, -0.05) is 13.0 Å². The minimum absolute atomic E-state index is 0.0767. The lowest BCUT2D eigenvalue weighted by Gasteiger charge is -2.13. The van der Waals surface area contributed by atoms with Gasteiger partial charge in [0.05, 0.1) is 11.0 Å².